The zero-order valence-electron chi connectivity index (χ0n) is 9.03. The van der Waals surface area contributed by atoms with Gasteiger partial charge in [0.05, 0.1) is 12.0 Å². The fourth-order valence-electron chi connectivity index (χ4n) is 1.80. The van der Waals surface area contributed by atoms with Crippen molar-refractivity contribution >= 4 is 10.9 Å². The smallest absolute Gasteiger partial charge is 0.252 e. The lowest BCUT2D eigenvalue weighted by molar-refractivity contribution is 0.806. The first-order valence-corrected chi connectivity index (χ1v) is 5.28. The maximum Gasteiger partial charge on any atom is 0.252 e. The van der Waals surface area contributed by atoms with E-state index in [4.69, 9.17) is 5.26 Å². The van der Waals surface area contributed by atoms with Crippen LogP contribution in [0, 0.1) is 11.3 Å². The van der Waals surface area contributed by atoms with E-state index in [9.17, 15) is 4.79 Å². The molecular formula is C13H12N2O. The summed E-state index contributed by atoms with van der Waals surface area (Å²) >= 11 is 0. The van der Waals surface area contributed by atoms with Gasteiger partial charge in [0.15, 0.2) is 0 Å². The van der Waals surface area contributed by atoms with Crippen LogP contribution in [0.3, 0.4) is 0 Å². The van der Waals surface area contributed by atoms with Crippen LogP contribution in [-0.2, 0) is 0 Å². The highest BCUT2D eigenvalue weighted by atomic mass is 16.1. The molecule has 1 atom stereocenters. The van der Waals surface area contributed by atoms with E-state index in [0.717, 1.165) is 10.9 Å². The Balaban J connectivity index is 2.68. The van der Waals surface area contributed by atoms with E-state index in [1.165, 1.54) is 0 Å². The van der Waals surface area contributed by atoms with Gasteiger partial charge in [-0.25, -0.2) is 0 Å². The Hall–Kier alpha value is -2.08. The number of fused-ring (bicyclic) bond motifs is 1. The minimum absolute atomic E-state index is 0.160. The highest BCUT2D eigenvalue weighted by molar-refractivity contribution is 5.78. The summed E-state index contributed by atoms with van der Waals surface area (Å²) in [6, 6.07) is 11.5. The van der Waals surface area contributed by atoms with Crippen LogP contribution in [0.5, 0.6) is 0 Å². The molecule has 0 saturated heterocycles. The van der Waals surface area contributed by atoms with Gasteiger partial charge in [-0.15, -0.1) is 0 Å². The van der Waals surface area contributed by atoms with Crippen LogP contribution >= 0.6 is 0 Å². The second-order valence-electron chi connectivity index (χ2n) is 3.73. The first-order valence-electron chi connectivity index (χ1n) is 5.28. The van der Waals surface area contributed by atoms with Gasteiger partial charge < -0.3 is 4.98 Å². The molecule has 1 heterocycles. The Morgan fingerprint density at radius 2 is 2.19 bits per heavy atom. The van der Waals surface area contributed by atoms with Gasteiger partial charge in [-0.1, -0.05) is 25.1 Å². The lowest BCUT2D eigenvalue weighted by Crippen LogP contribution is -2.15. The Labute approximate surface area is 93.3 Å². The average Bonchev–Trinajstić information content (AvgIpc) is 2.31. The number of benzene rings is 1. The molecule has 0 amide bonds. The van der Waals surface area contributed by atoms with Gasteiger partial charge in [-0.05, 0) is 23.9 Å². The Morgan fingerprint density at radius 3 is 2.88 bits per heavy atom. The third-order valence-electron chi connectivity index (χ3n) is 2.72. The summed E-state index contributed by atoms with van der Waals surface area (Å²) in [5.41, 5.74) is 1.21. The van der Waals surface area contributed by atoms with Gasteiger partial charge in [0.2, 0.25) is 0 Å². The van der Waals surface area contributed by atoms with E-state index in [0.29, 0.717) is 12.0 Å². The van der Waals surface area contributed by atoms with Gasteiger partial charge in [0.1, 0.15) is 0 Å². The van der Waals surface area contributed by atoms with Crippen molar-refractivity contribution in [1.29, 1.82) is 5.26 Å². The molecule has 0 radical (unpaired) electrons. The lowest BCUT2D eigenvalue weighted by Gasteiger charge is -2.06. The first kappa shape index (κ1) is 10.4. The second-order valence-corrected chi connectivity index (χ2v) is 3.73. The molecule has 0 bridgehead atoms. The Morgan fingerprint density at radius 1 is 1.44 bits per heavy atom. The standard InChI is InChI=1S/C13H12N2O/c1-2-9(8-14)11-7-10-5-3-4-6-12(10)15-13(11)16/h3-7,9H,2H2,1H3,(H,15,16). The normalized spacial score (nSPS) is 12.2. The van der Waals surface area contributed by atoms with Crippen molar-refractivity contribution in [3.63, 3.8) is 0 Å². The van der Waals surface area contributed by atoms with E-state index in [1.807, 2.05) is 37.3 Å². The van der Waals surface area contributed by atoms with E-state index in [-0.39, 0.29) is 11.5 Å². The molecule has 1 aromatic carbocycles. The molecule has 16 heavy (non-hydrogen) atoms. The molecule has 0 aliphatic heterocycles. The number of pyridine rings is 1. The third kappa shape index (κ3) is 1.70. The summed E-state index contributed by atoms with van der Waals surface area (Å²) in [6.45, 7) is 1.91. The van der Waals surface area contributed by atoms with Crippen LogP contribution in [0.2, 0.25) is 0 Å². The van der Waals surface area contributed by atoms with Gasteiger partial charge in [0, 0.05) is 11.1 Å². The predicted octanol–water partition coefficient (Wildman–Crippen LogP) is 2.55. The van der Waals surface area contributed by atoms with Crippen molar-refractivity contribution in [3.8, 4) is 6.07 Å². The lowest BCUT2D eigenvalue weighted by atomic mass is 9.98. The maximum absolute atomic E-state index is 11.8. The van der Waals surface area contributed by atoms with E-state index >= 15 is 0 Å². The molecule has 0 spiro atoms. The molecule has 0 aliphatic carbocycles. The number of nitriles is 1. The molecule has 0 aliphatic rings. The molecule has 2 rings (SSSR count). The quantitative estimate of drug-likeness (QED) is 0.831. The van der Waals surface area contributed by atoms with E-state index in [2.05, 4.69) is 11.1 Å². The molecule has 1 aromatic heterocycles. The van der Waals surface area contributed by atoms with Crippen molar-refractivity contribution in [2.45, 2.75) is 19.3 Å². The zero-order valence-corrected chi connectivity index (χ0v) is 9.03. The average molecular weight is 212 g/mol. The first-order chi connectivity index (χ1) is 7.76. The van der Waals surface area contributed by atoms with Crippen molar-refractivity contribution < 1.29 is 0 Å². The van der Waals surface area contributed by atoms with Crippen molar-refractivity contribution in [1.82, 2.24) is 4.98 Å². The van der Waals surface area contributed by atoms with Crippen LogP contribution in [0.15, 0.2) is 35.1 Å². The molecule has 1 unspecified atom stereocenters. The Kier molecular flexibility index (Phi) is 2.74. The van der Waals surface area contributed by atoms with Crippen LogP contribution in [0.1, 0.15) is 24.8 Å². The number of aromatic amines is 1. The Bertz CT molecular complexity index is 607. The molecule has 3 heteroatoms. The summed E-state index contributed by atoms with van der Waals surface area (Å²) in [6.07, 6.45) is 0.651. The summed E-state index contributed by atoms with van der Waals surface area (Å²) in [5.74, 6) is -0.326. The highest BCUT2D eigenvalue weighted by Gasteiger charge is 2.12. The number of para-hydroxylation sites is 1. The SMILES string of the molecule is CCC(C#N)c1cc2ccccc2[nH]c1=O. The minimum Gasteiger partial charge on any atom is -0.322 e. The van der Waals surface area contributed by atoms with Crippen LogP contribution in [0.25, 0.3) is 10.9 Å². The number of H-pyrrole nitrogens is 1. The maximum atomic E-state index is 11.8. The van der Waals surface area contributed by atoms with Crippen molar-refractivity contribution in [3.05, 3.63) is 46.2 Å². The van der Waals surface area contributed by atoms with Gasteiger partial charge in [-0.2, -0.15) is 5.26 Å². The minimum atomic E-state index is -0.326. The summed E-state index contributed by atoms with van der Waals surface area (Å²) in [7, 11) is 0. The second kappa shape index (κ2) is 4.19. The van der Waals surface area contributed by atoms with Gasteiger partial charge in [-0.3, -0.25) is 4.79 Å². The van der Waals surface area contributed by atoms with Gasteiger partial charge >= 0.3 is 0 Å². The van der Waals surface area contributed by atoms with Crippen LogP contribution in [0.4, 0.5) is 0 Å². The molecule has 2 aromatic rings. The molecule has 0 saturated carbocycles. The number of nitrogens with zero attached hydrogens (tertiary/aromatic N) is 1. The molecule has 3 nitrogen and oxygen atoms in total. The number of nitrogens with one attached hydrogen (secondary N) is 1. The van der Waals surface area contributed by atoms with Gasteiger partial charge in [0.25, 0.3) is 5.56 Å². The number of hydrogen-bond acceptors (Lipinski definition) is 2. The van der Waals surface area contributed by atoms with Crippen LogP contribution in [-0.4, -0.2) is 4.98 Å². The predicted molar refractivity (Wildman–Crippen MR) is 63.2 cm³/mol. The third-order valence-corrected chi connectivity index (χ3v) is 2.72. The highest BCUT2D eigenvalue weighted by Crippen LogP contribution is 2.18. The molecule has 1 N–H and O–H groups in total. The van der Waals surface area contributed by atoms with E-state index < -0.39 is 0 Å². The fourth-order valence-corrected chi connectivity index (χ4v) is 1.80. The summed E-state index contributed by atoms with van der Waals surface area (Å²) in [4.78, 5) is 14.6. The van der Waals surface area contributed by atoms with Crippen LogP contribution < -0.4 is 5.56 Å². The number of hydrogen-bond donors (Lipinski definition) is 1. The fraction of sp³-hybridized carbons (Fsp3) is 0.231. The van der Waals surface area contributed by atoms with Crippen molar-refractivity contribution in [2.75, 3.05) is 0 Å². The topological polar surface area (TPSA) is 56.6 Å². The number of rotatable bonds is 2. The molecule has 0 fully saturated rings. The largest absolute Gasteiger partial charge is 0.322 e. The number of aromatic nitrogens is 1. The molecular weight excluding hydrogens is 200 g/mol. The summed E-state index contributed by atoms with van der Waals surface area (Å²) in [5, 5.41) is 9.94. The monoisotopic (exact) mass is 212 g/mol. The van der Waals surface area contributed by atoms with E-state index in [1.54, 1.807) is 0 Å². The zero-order chi connectivity index (χ0) is 11.5. The molecule has 80 valence electrons. The van der Waals surface area contributed by atoms with Crippen molar-refractivity contribution in [2.24, 2.45) is 0 Å². The summed E-state index contributed by atoms with van der Waals surface area (Å²) < 4.78 is 0.